The van der Waals surface area contributed by atoms with Gasteiger partial charge < -0.3 is 20.1 Å². The van der Waals surface area contributed by atoms with Crippen molar-refractivity contribution in [3.8, 4) is 0 Å². The molecule has 0 aliphatic heterocycles. The van der Waals surface area contributed by atoms with Crippen LogP contribution in [-0.4, -0.2) is 37.9 Å². The molecule has 1 atom stereocenters. The summed E-state index contributed by atoms with van der Waals surface area (Å²) in [6.07, 6.45) is 3.05. The van der Waals surface area contributed by atoms with Gasteiger partial charge in [-0.15, -0.1) is 0 Å². The molecule has 0 bridgehead atoms. The highest BCUT2D eigenvalue weighted by molar-refractivity contribution is 5.85. The van der Waals surface area contributed by atoms with Gasteiger partial charge in [-0.3, -0.25) is 0 Å². The van der Waals surface area contributed by atoms with E-state index in [1.807, 2.05) is 6.92 Å². The third-order valence-electron chi connectivity index (χ3n) is 3.35. The largest absolute Gasteiger partial charge is 0.477 e. The normalized spacial score (nSPS) is 14.5. The Labute approximate surface area is 119 Å². The van der Waals surface area contributed by atoms with E-state index < -0.39 is 11.6 Å². The number of carbonyl (C=O) groups is 1. The molecule has 1 aromatic rings. The van der Waals surface area contributed by atoms with E-state index in [1.54, 1.807) is 7.05 Å². The van der Waals surface area contributed by atoms with Crippen LogP contribution in [0.1, 0.15) is 49.9 Å². The van der Waals surface area contributed by atoms with Gasteiger partial charge in [0.1, 0.15) is 11.5 Å². The van der Waals surface area contributed by atoms with E-state index in [0.717, 1.165) is 12.8 Å². The van der Waals surface area contributed by atoms with Gasteiger partial charge in [0, 0.05) is 13.6 Å². The molecular weight excluding hydrogens is 258 g/mol. The third-order valence-corrected chi connectivity index (χ3v) is 3.35. The second-order valence-electron chi connectivity index (χ2n) is 5.96. The summed E-state index contributed by atoms with van der Waals surface area (Å²) >= 11 is 0. The van der Waals surface area contributed by atoms with E-state index in [2.05, 4.69) is 24.1 Å². The number of hydrogen-bond acceptors (Lipinski definition) is 4. The van der Waals surface area contributed by atoms with E-state index in [0.29, 0.717) is 24.8 Å². The molecule has 0 spiro atoms. The predicted octanol–water partition coefficient (Wildman–Crippen LogP) is 1.40. The minimum atomic E-state index is -0.991. The van der Waals surface area contributed by atoms with Crippen LogP contribution in [0.4, 0.5) is 0 Å². The van der Waals surface area contributed by atoms with Crippen molar-refractivity contribution < 1.29 is 15.0 Å². The van der Waals surface area contributed by atoms with Crippen LogP contribution in [0.2, 0.25) is 0 Å². The van der Waals surface area contributed by atoms with Gasteiger partial charge in [0.15, 0.2) is 0 Å². The zero-order chi connectivity index (χ0) is 15.3. The fourth-order valence-corrected chi connectivity index (χ4v) is 1.94. The number of nitrogens with zero attached hydrogens (tertiary/aromatic N) is 2. The lowest BCUT2D eigenvalue weighted by atomic mass is 9.95. The smallest absolute Gasteiger partial charge is 0.354 e. The summed E-state index contributed by atoms with van der Waals surface area (Å²) in [6.45, 7) is 6.95. The molecule has 1 rings (SSSR count). The lowest BCUT2D eigenvalue weighted by Gasteiger charge is -2.24. The Hall–Kier alpha value is -1.40. The SMILES string of the molecule is CC(C)CCC(C)(O)CNCc1ncc(C(=O)O)n1C. The Morgan fingerprint density at radius 3 is 2.70 bits per heavy atom. The van der Waals surface area contributed by atoms with Crippen molar-refractivity contribution >= 4 is 5.97 Å². The average Bonchev–Trinajstić information content (AvgIpc) is 2.69. The summed E-state index contributed by atoms with van der Waals surface area (Å²) in [4.78, 5) is 15.0. The first-order valence-electron chi connectivity index (χ1n) is 6.90. The van der Waals surface area contributed by atoms with Crippen LogP contribution in [0.5, 0.6) is 0 Å². The summed E-state index contributed by atoms with van der Waals surface area (Å²) in [7, 11) is 1.67. The molecule has 0 amide bonds. The quantitative estimate of drug-likeness (QED) is 0.671. The number of aromatic nitrogens is 2. The highest BCUT2D eigenvalue weighted by Gasteiger charge is 2.20. The van der Waals surface area contributed by atoms with Crippen LogP contribution >= 0.6 is 0 Å². The molecule has 0 fully saturated rings. The van der Waals surface area contributed by atoms with Crippen molar-refractivity contribution in [1.82, 2.24) is 14.9 Å². The number of carboxylic acid groups (broad SMARTS) is 1. The number of carboxylic acids is 1. The maximum atomic E-state index is 10.9. The molecule has 1 heterocycles. The van der Waals surface area contributed by atoms with Crippen LogP contribution in [0.3, 0.4) is 0 Å². The molecule has 114 valence electrons. The molecule has 0 saturated heterocycles. The molecule has 20 heavy (non-hydrogen) atoms. The molecule has 0 aliphatic carbocycles. The maximum absolute atomic E-state index is 10.9. The highest BCUT2D eigenvalue weighted by Crippen LogP contribution is 2.15. The highest BCUT2D eigenvalue weighted by atomic mass is 16.4. The molecule has 0 radical (unpaired) electrons. The molecule has 0 aromatic carbocycles. The van der Waals surface area contributed by atoms with Crippen LogP contribution < -0.4 is 5.32 Å². The Kier molecular flexibility index (Phi) is 5.71. The third kappa shape index (κ3) is 4.94. The fourth-order valence-electron chi connectivity index (χ4n) is 1.94. The molecule has 6 heteroatoms. The van der Waals surface area contributed by atoms with Crippen molar-refractivity contribution in [1.29, 1.82) is 0 Å². The molecule has 0 aliphatic rings. The van der Waals surface area contributed by atoms with Crippen molar-refractivity contribution in [3.05, 3.63) is 17.7 Å². The Bertz CT molecular complexity index is 453. The lowest BCUT2D eigenvalue weighted by molar-refractivity contribution is 0.0448. The molecule has 6 nitrogen and oxygen atoms in total. The summed E-state index contributed by atoms with van der Waals surface area (Å²) in [5, 5.41) is 22.3. The molecule has 0 saturated carbocycles. The second-order valence-corrected chi connectivity index (χ2v) is 5.96. The summed E-state index contributed by atoms with van der Waals surface area (Å²) in [5.41, 5.74) is -0.598. The average molecular weight is 283 g/mol. The van der Waals surface area contributed by atoms with Gasteiger partial charge in [0.2, 0.25) is 0 Å². The number of nitrogens with one attached hydrogen (secondary N) is 1. The van der Waals surface area contributed by atoms with Crippen molar-refractivity contribution in [2.75, 3.05) is 6.54 Å². The Morgan fingerprint density at radius 2 is 2.20 bits per heavy atom. The molecule has 1 aromatic heterocycles. The first kappa shape index (κ1) is 16.7. The standard InChI is InChI=1S/C14H25N3O3/c1-10(2)5-6-14(3,20)9-15-8-12-16-7-11(13(18)19)17(12)4/h7,10,15,20H,5-6,8-9H2,1-4H3,(H,18,19). The lowest BCUT2D eigenvalue weighted by Crippen LogP contribution is -2.38. The maximum Gasteiger partial charge on any atom is 0.354 e. The molecule has 1 unspecified atom stereocenters. The van der Waals surface area contributed by atoms with Gasteiger partial charge in [-0.1, -0.05) is 13.8 Å². The summed E-state index contributed by atoms with van der Waals surface area (Å²) in [6, 6.07) is 0. The second kappa shape index (κ2) is 6.85. The predicted molar refractivity (Wildman–Crippen MR) is 76.6 cm³/mol. The van der Waals surface area contributed by atoms with Gasteiger partial charge >= 0.3 is 5.97 Å². The number of hydrogen-bond donors (Lipinski definition) is 3. The van der Waals surface area contributed by atoms with Crippen LogP contribution in [-0.2, 0) is 13.6 Å². The minimum Gasteiger partial charge on any atom is -0.477 e. The van der Waals surface area contributed by atoms with Crippen LogP contribution in [0, 0.1) is 5.92 Å². The Morgan fingerprint density at radius 1 is 1.55 bits per heavy atom. The van der Waals surface area contributed by atoms with Gasteiger partial charge in [0.05, 0.1) is 18.3 Å². The summed E-state index contributed by atoms with van der Waals surface area (Å²) < 4.78 is 1.54. The van der Waals surface area contributed by atoms with Crippen molar-refractivity contribution in [3.63, 3.8) is 0 Å². The minimum absolute atomic E-state index is 0.161. The topological polar surface area (TPSA) is 87.4 Å². The number of imidazole rings is 1. The fraction of sp³-hybridized carbons (Fsp3) is 0.714. The van der Waals surface area contributed by atoms with Gasteiger partial charge in [-0.05, 0) is 25.7 Å². The van der Waals surface area contributed by atoms with Gasteiger partial charge in [-0.2, -0.15) is 0 Å². The summed E-state index contributed by atoms with van der Waals surface area (Å²) in [5.74, 6) is 0.214. The van der Waals surface area contributed by atoms with E-state index in [4.69, 9.17) is 5.11 Å². The van der Waals surface area contributed by atoms with E-state index in [-0.39, 0.29) is 5.69 Å². The number of aromatic carboxylic acids is 1. The van der Waals surface area contributed by atoms with Crippen molar-refractivity contribution in [2.45, 2.75) is 45.8 Å². The molecular formula is C14H25N3O3. The first-order valence-corrected chi connectivity index (χ1v) is 6.90. The van der Waals surface area contributed by atoms with Crippen LogP contribution in [0.15, 0.2) is 6.20 Å². The van der Waals surface area contributed by atoms with Crippen molar-refractivity contribution in [2.24, 2.45) is 13.0 Å². The Balaban J connectivity index is 2.46. The van der Waals surface area contributed by atoms with E-state index in [1.165, 1.54) is 10.8 Å². The van der Waals surface area contributed by atoms with E-state index in [9.17, 15) is 9.90 Å². The zero-order valence-corrected chi connectivity index (χ0v) is 12.7. The van der Waals surface area contributed by atoms with Gasteiger partial charge in [0.25, 0.3) is 0 Å². The first-order chi connectivity index (χ1) is 9.23. The van der Waals surface area contributed by atoms with Crippen LogP contribution in [0.25, 0.3) is 0 Å². The molecule has 3 N–H and O–H groups in total. The zero-order valence-electron chi connectivity index (χ0n) is 12.7. The number of aliphatic hydroxyl groups is 1. The monoisotopic (exact) mass is 283 g/mol. The number of rotatable bonds is 8. The van der Waals surface area contributed by atoms with E-state index >= 15 is 0 Å². The van der Waals surface area contributed by atoms with Gasteiger partial charge in [-0.25, -0.2) is 9.78 Å².